The van der Waals surface area contributed by atoms with Gasteiger partial charge in [-0.3, -0.25) is 0 Å². The van der Waals surface area contributed by atoms with Crippen molar-refractivity contribution in [2.24, 2.45) is 0 Å². The first-order valence-corrected chi connectivity index (χ1v) is 12.9. The van der Waals surface area contributed by atoms with E-state index in [1.54, 1.807) is 34.0 Å². The molecule has 6 heteroatoms. The molecule has 0 N–H and O–H groups in total. The number of fused-ring (bicyclic) bond motifs is 2. The maximum Gasteiger partial charge on any atom is 0.345 e. The number of hydrogen-bond acceptors (Lipinski definition) is 6. The molecule has 150 valence electrons. The Labute approximate surface area is 194 Å². The Hall–Kier alpha value is -2.77. The van der Waals surface area contributed by atoms with Gasteiger partial charge in [0.2, 0.25) is 0 Å². The van der Waals surface area contributed by atoms with Crippen LogP contribution in [0.15, 0.2) is 81.3 Å². The van der Waals surface area contributed by atoms with Crippen molar-refractivity contribution in [2.75, 3.05) is 0 Å². The minimum Gasteiger partial charge on any atom is -0.422 e. The minimum atomic E-state index is -0.290. The second-order valence-electron chi connectivity index (χ2n) is 7.00. The van der Waals surface area contributed by atoms with Gasteiger partial charge in [0.1, 0.15) is 5.58 Å². The molecule has 0 unspecified atom stereocenters. The van der Waals surface area contributed by atoms with Gasteiger partial charge in [-0.1, -0.05) is 24.3 Å². The van der Waals surface area contributed by atoms with Crippen molar-refractivity contribution in [1.29, 1.82) is 0 Å². The molecule has 6 rings (SSSR count). The van der Waals surface area contributed by atoms with Crippen molar-refractivity contribution >= 4 is 77.9 Å². The molecule has 0 saturated heterocycles. The monoisotopic (exact) mass is 474 g/mol. The lowest BCUT2D eigenvalue weighted by molar-refractivity contribution is 0.564. The number of para-hydroxylation sites is 1. The molecule has 6 aromatic rings. The molecule has 0 atom stereocenters. The summed E-state index contributed by atoms with van der Waals surface area (Å²) in [7, 11) is 0. The van der Waals surface area contributed by atoms with Gasteiger partial charge in [-0.15, -0.1) is 45.3 Å². The molecule has 0 aliphatic carbocycles. The molecule has 1 aromatic carbocycles. The summed E-state index contributed by atoms with van der Waals surface area (Å²) in [5.41, 5.74) is 0.950. The van der Waals surface area contributed by atoms with Gasteiger partial charge >= 0.3 is 5.63 Å². The van der Waals surface area contributed by atoms with Crippen LogP contribution in [0.25, 0.3) is 52.7 Å². The van der Waals surface area contributed by atoms with E-state index < -0.39 is 0 Å². The molecule has 5 aromatic heterocycles. The van der Waals surface area contributed by atoms with Crippen molar-refractivity contribution in [3.05, 3.63) is 92.3 Å². The van der Waals surface area contributed by atoms with Crippen LogP contribution in [0.1, 0.15) is 9.75 Å². The van der Waals surface area contributed by atoms with E-state index in [1.807, 2.05) is 47.7 Å². The second-order valence-corrected chi connectivity index (χ2v) is 11.5. The Morgan fingerprint density at radius 2 is 1.58 bits per heavy atom. The Bertz CT molecular complexity index is 1570. The van der Waals surface area contributed by atoms with E-state index >= 15 is 0 Å². The van der Waals surface area contributed by atoms with Crippen LogP contribution >= 0.6 is 45.3 Å². The summed E-state index contributed by atoms with van der Waals surface area (Å²) in [5, 5.41) is 4.30. The molecule has 0 aliphatic rings. The average Bonchev–Trinajstić information content (AvgIpc) is 3.55. The summed E-state index contributed by atoms with van der Waals surface area (Å²) >= 11 is 7.00. The summed E-state index contributed by atoms with van der Waals surface area (Å²) in [6.07, 6.45) is 4.35. The van der Waals surface area contributed by atoms with Crippen molar-refractivity contribution in [2.45, 2.75) is 0 Å². The highest BCUT2D eigenvalue weighted by atomic mass is 32.2. The largest absolute Gasteiger partial charge is 0.422 e. The topological polar surface area (TPSA) is 30.2 Å². The van der Waals surface area contributed by atoms with Gasteiger partial charge in [-0.2, -0.15) is 0 Å². The summed E-state index contributed by atoms with van der Waals surface area (Å²) in [6.45, 7) is 0. The molecule has 0 amide bonds. The predicted octanol–water partition coefficient (Wildman–Crippen LogP) is 8.70. The van der Waals surface area contributed by atoms with Crippen molar-refractivity contribution in [1.82, 2.24) is 0 Å². The molecule has 0 aliphatic heterocycles. The average molecular weight is 475 g/mol. The van der Waals surface area contributed by atoms with Crippen LogP contribution in [-0.4, -0.2) is 0 Å². The normalized spacial score (nSPS) is 11.9. The van der Waals surface area contributed by atoms with Crippen LogP contribution < -0.4 is 5.63 Å². The standard InChI is InChI=1S/C25H14O2S4/c26-24-19(13-15-4-1-2-6-20(15)27-24)21-9-10-22(30-21)23-14-16-12-18(29-25(16)31-23)8-7-17-5-3-11-28-17/h1-14H/b8-7+. The molecule has 0 radical (unpaired) electrons. The molecular weight excluding hydrogens is 461 g/mol. The Balaban J connectivity index is 1.31. The zero-order valence-electron chi connectivity index (χ0n) is 16.0. The Morgan fingerprint density at radius 1 is 0.710 bits per heavy atom. The summed E-state index contributed by atoms with van der Waals surface area (Å²) in [5.74, 6) is 0. The van der Waals surface area contributed by atoms with Gasteiger partial charge in [0.05, 0.1) is 9.58 Å². The van der Waals surface area contributed by atoms with Gasteiger partial charge in [0.25, 0.3) is 0 Å². The molecule has 0 saturated carbocycles. The first-order chi connectivity index (χ1) is 15.2. The summed E-state index contributed by atoms with van der Waals surface area (Å²) in [4.78, 5) is 18.4. The van der Waals surface area contributed by atoms with E-state index in [9.17, 15) is 4.79 Å². The van der Waals surface area contributed by atoms with Crippen LogP contribution in [-0.2, 0) is 0 Å². The van der Waals surface area contributed by atoms with Gasteiger partial charge in [0, 0.05) is 35.2 Å². The van der Waals surface area contributed by atoms with Crippen LogP contribution in [0.3, 0.4) is 0 Å². The summed E-state index contributed by atoms with van der Waals surface area (Å²) in [6, 6.07) is 22.3. The number of hydrogen-bond donors (Lipinski definition) is 0. The third-order valence-electron chi connectivity index (χ3n) is 4.94. The fraction of sp³-hybridized carbons (Fsp3) is 0. The fourth-order valence-electron chi connectivity index (χ4n) is 3.46. The van der Waals surface area contributed by atoms with Crippen molar-refractivity contribution < 1.29 is 4.42 Å². The van der Waals surface area contributed by atoms with Crippen LogP contribution in [0.2, 0.25) is 0 Å². The van der Waals surface area contributed by atoms with Gasteiger partial charge in [-0.05, 0) is 60.0 Å². The molecule has 31 heavy (non-hydrogen) atoms. The highest BCUT2D eigenvalue weighted by molar-refractivity contribution is 7.41. The maximum absolute atomic E-state index is 12.5. The zero-order chi connectivity index (χ0) is 20.8. The molecule has 0 spiro atoms. The lowest BCUT2D eigenvalue weighted by Gasteiger charge is -1.99. The molecule has 0 bridgehead atoms. The van der Waals surface area contributed by atoms with Crippen LogP contribution in [0.4, 0.5) is 0 Å². The fourth-order valence-corrected chi connectivity index (χ4v) is 7.54. The number of benzene rings is 1. The van der Waals surface area contributed by atoms with E-state index in [-0.39, 0.29) is 5.63 Å². The van der Waals surface area contributed by atoms with E-state index in [4.69, 9.17) is 4.42 Å². The van der Waals surface area contributed by atoms with E-state index in [0.717, 1.165) is 10.3 Å². The van der Waals surface area contributed by atoms with Gasteiger partial charge in [0.15, 0.2) is 0 Å². The highest BCUT2D eigenvalue weighted by Gasteiger charge is 2.13. The molecule has 0 fully saturated rings. The van der Waals surface area contributed by atoms with Gasteiger partial charge in [-0.25, -0.2) is 4.79 Å². The third-order valence-corrected chi connectivity index (χ3v) is 9.45. The Morgan fingerprint density at radius 3 is 2.45 bits per heavy atom. The quantitative estimate of drug-likeness (QED) is 0.239. The first-order valence-electron chi connectivity index (χ1n) is 9.61. The van der Waals surface area contributed by atoms with Crippen molar-refractivity contribution in [3.8, 4) is 20.2 Å². The van der Waals surface area contributed by atoms with Gasteiger partial charge < -0.3 is 4.42 Å². The maximum atomic E-state index is 12.5. The summed E-state index contributed by atoms with van der Waals surface area (Å²) < 4.78 is 6.83. The van der Waals surface area contributed by atoms with E-state index in [0.29, 0.717) is 11.1 Å². The predicted molar refractivity (Wildman–Crippen MR) is 138 cm³/mol. The third kappa shape index (κ3) is 3.62. The lowest BCUT2D eigenvalue weighted by Crippen LogP contribution is -2.01. The number of rotatable bonds is 4. The van der Waals surface area contributed by atoms with Crippen LogP contribution in [0, 0.1) is 0 Å². The van der Waals surface area contributed by atoms with E-state index in [1.165, 1.54) is 28.9 Å². The van der Waals surface area contributed by atoms with Crippen molar-refractivity contribution in [3.63, 3.8) is 0 Å². The molecule has 5 heterocycles. The number of thiophene rings is 4. The second kappa shape index (κ2) is 7.73. The molecular formula is C25H14O2S4. The minimum absolute atomic E-state index is 0.290. The Kier molecular flexibility index (Phi) is 4.73. The smallest absolute Gasteiger partial charge is 0.345 e. The van der Waals surface area contributed by atoms with E-state index in [2.05, 4.69) is 47.9 Å². The first kappa shape index (κ1) is 19.0. The highest BCUT2D eigenvalue weighted by Crippen LogP contribution is 2.42. The SMILES string of the molecule is O=c1oc2ccccc2cc1-c1ccc(-c2cc3cc(/C=C/c4cccs4)sc3s2)s1. The zero-order valence-corrected chi connectivity index (χ0v) is 19.3. The van der Waals surface area contributed by atoms with Crippen LogP contribution in [0.5, 0.6) is 0 Å². The molecule has 2 nitrogen and oxygen atoms in total. The lowest BCUT2D eigenvalue weighted by atomic mass is 10.1.